The number of carbonyl (C=O) groups is 2. The minimum absolute atomic E-state index is 0.0401. The first-order valence-corrected chi connectivity index (χ1v) is 7.59. The van der Waals surface area contributed by atoms with Crippen LogP contribution in [0.5, 0.6) is 0 Å². The lowest BCUT2D eigenvalue weighted by Crippen LogP contribution is -2.28. The van der Waals surface area contributed by atoms with E-state index in [4.69, 9.17) is 9.90 Å². The van der Waals surface area contributed by atoms with Crippen LogP contribution in [0.25, 0.3) is 0 Å². The van der Waals surface area contributed by atoms with Gasteiger partial charge in [-0.15, -0.1) is 5.10 Å². The van der Waals surface area contributed by atoms with E-state index in [2.05, 4.69) is 20.7 Å². The third-order valence-corrected chi connectivity index (χ3v) is 3.16. The summed E-state index contributed by atoms with van der Waals surface area (Å²) in [6.07, 6.45) is -9.49. The molecule has 3 N–H and O–H groups in total. The molecule has 2 aromatic rings. The Kier molecular flexibility index (Phi) is 7.57. The van der Waals surface area contributed by atoms with Crippen molar-refractivity contribution in [2.45, 2.75) is 25.8 Å². The molecule has 1 aromatic carbocycles. The van der Waals surface area contributed by atoms with Crippen LogP contribution in [0.3, 0.4) is 0 Å². The topological polar surface area (TPSA) is 109 Å². The Hall–Kier alpha value is -3.32. The summed E-state index contributed by atoms with van der Waals surface area (Å²) in [5.41, 5.74) is -0.413. The molecule has 0 aliphatic heterocycles. The number of carboxylic acids is 1. The van der Waals surface area contributed by atoms with E-state index in [1.807, 2.05) is 0 Å². The Labute approximate surface area is 159 Å². The molecule has 29 heavy (non-hydrogen) atoms. The molecule has 0 saturated heterocycles. The molecule has 0 spiro atoms. The van der Waals surface area contributed by atoms with E-state index >= 15 is 0 Å². The summed E-state index contributed by atoms with van der Waals surface area (Å²) in [5.74, 6) is -2.01. The second kappa shape index (κ2) is 9.25. The summed E-state index contributed by atoms with van der Waals surface area (Å²) in [6, 6.07) is 4.16. The van der Waals surface area contributed by atoms with Gasteiger partial charge in [0.05, 0.1) is 5.56 Å². The zero-order valence-corrected chi connectivity index (χ0v) is 14.9. The highest BCUT2D eigenvalue weighted by atomic mass is 19.4. The van der Waals surface area contributed by atoms with Crippen LogP contribution < -0.4 is 10.6 Å². The molecule has 14 heteroatoms. The fourth-order valence-corrected chi connectivity index (χ4v) is 1.70. The van der Waals surface area contributed by atoms with E-state index in [1.165, 1.54) is 16.8 Å². The van der Waals surface area contributed by atoms with Crippen molar-refractivity contribution in [1.29, 1.82) is 0 Å². The highest BCUT2D eigenvalue weighted by Gasteiger charge is 2.38. The van der Waals surface area contributed by atoms with Crippen LogP contribution in [0.15, 0.2) is 24.3 Å². The molecule has 0 bridgehead atoms. The number of aryl methyl sites for hydroxylation is 2. The van der Waals surface area contributed by atoms with E-state index in [0.29, 0.717) is 11.4 Å². The maximum absolute atomic E-state index is 12.6. The average molecular weight is 427 g/mol. The molecule has 0 saturated carbocycles. The third-order valence-electron chi connectivity index (χ3n) is 3.16. The van der Waals surface area contributed by atoms with Gasteiger partial charge in [-0.25, -0.2) is 9.59 Å². The molecular weight excluding hydrogens is 412 g/mol. The zero-order valence-electron chi connectivity index (χ0n) is 14.9. The lowest BCUT2D eigenvalue weighted by atomic mass is 10.1. The quantitative estimate of drug-likeness (QED) is 0.653. The number of hydrogen-bond acceptors (Lipinski definition) is 4. The first kappa shape index (κ1) is 23.7. The Balaban J connectivity index is 0.000000516. The molecule has 0 fully saturated rings. The number of nitrogens with one attached hydrogen (secondary N) is 2. The molecule has 0 unspecified atom stereocenters. The fraction of sp³-hybridized carbons (Fsp3) is 0.333. The van der Waals surface area contributed by atoms with Gasteiger partial charge in [0, 0.05) is 13.6 Å². The van der Waals surface area contributed by atoms with Gasteiger partial charge in [-0.2, -0.15) is 31.3 Å². The highest BCUT2D eigenvalue weighted by Crippen LogP contribution is 2.29. The fourth-order valence-electron chi connectivity index (χ4n) is 1.70. The normalized spacial score (nSPS) is 11.3. The number of anilines is 1. The van der Waals surface area contributed by atoms with Crippen molar-refractivity contribution in [2.24, 2.45) is 7.05 Å². The van der Waals surface area contributed by atoms with Gasteiger partial charge in [0.2, 0.25) is 5.95 Å². The standard InChI is InChI=1S/C13H14F3N5O.C2HF3O2/c1-8-18-11(20-21(8)2)19-12(22)17-7-9-4-3-5-10(6-9)13(14,15)16;3-2(4,5)1(6)7/h3-6H,7H2,1-2H3,(H2,17,19,20,22);(H,6,7). The Morgan fingerprint density at radius 3 is 2.21 bits per heavy atom. The van der Waals surface area contributed by atoms with Crippen molar-refractivity contribution in [1.82, 2.24) is 20.1 Å². The Morgan fingerprint density at radius 2 is 1.76 bits per heavy atom. The number of aliphatic carboxylic acids is 1. The molecule has 8 nitrogen and oxygen atoms in total. The van der Waals surface area contributed by atoms with E-state index < -0.39 is 29.9 Å². The van der Waals surface area contributed by atoms with Crippen molar-refractivity contribution in [3.63, 3.8) is 0 Å². The first-order chi connectivity index (χ1) is 13.2. The number of benzene rings is 1. The lowest BCUT2D eigenvalue weighted by Gasteiger charge is -2.09. The highest BCUT2D eigenvalue weighted by molar-refractivity contribution is 5.87. The van der Waals surface area contributed by atoms with Crippen molar-refractivity contribution >= 4 is 17.9 Å². The second-order valence-electron chi connectivity index (χ2n) is 5.41. The monoisotopic (exact) mass is 427 g/mol. The van der Waals surface area contributed by atoms with Gasteiger partial charge in [0.1, 0.15) is 5.82 Å². The van der Waals surface area contributed by atoms with Crippen molar-refractivity contribution in [3.05, 3.63) is 41.2 Å². The molecule has 1 heterocycles. The SMILES string of the molecule is Cc1nc(NC(=O)NCc2cccc(C(F)(F)F)c2)nn1C.O=C(O)C(F)(F)F. The first-order valence-electron chi connectivity index (χ1n) is 7.59. The van der Waals surface area contributed by atoms with Crippen LogP contribution in [0.1, 0.15) is 17.0 Å². The van der Waals surface area contributed by atoms with Crippen LogP contribution >= 0.6 is 0 Å². The van der Waals surface area contributed by atoms with Crippen LogP contribution in [0.2, 0.25) is 0 Å². The van der Waals surface area contributed by atoms with Crippen LogP contribution in [0, 0.1) is 6.92 Å². The summed E-state index contributed by atoms with van der Waals surface area (Å²) in [4.78, 5) is 24.5. The number of alkyl halides is 6. The van der Waals surface area contributed by atoms with Gasteiger partial charge in [0.15, 0.2) is 0 Å². The minimum atomic E-state index is -5.08. The molecule has 2 rings (SSSR count). The molecule has 0 aliphatic carbocycles. The summed E-state index contributed by atoms with van der Waals surface area (Å²) in [7, 11) is 1.67. The van der Waals surface area contributed by atoms with Gasteiger partial charge in [-0.3, -0.25) is 10.00 Å². The Bertz CT molecular complexity index is 843. The number of urea groups is 1. The van der Waals surface area contributed by atoms with Crippen LogP contribution in [0.4, 0.5) is 37.1 Å². The number of nitrogens with zero attached hydrogens (tertiary/aromatic N) is 3. The van der Waals surface area contributed by atoms with E-state index in [-0.39, 0.29) is 12.5 Å². The lowest BCUT2D eigenvalue weighted by molar-refractivity contribution is -0.192. The van der Waals surface area contributed by atoms with Gasteiger partial charge in [0.25, 0.3) is 0 Å². The molecular formula is C15H15F6N5O3. The number of aromatic nitrogens is 3. The molecule has 0 atom stereocenters. The van der Waals surface area contributed by atoms with Gasteiger partial charge < -0.3 is 10.4 Å². The van der Waals surface area contributed by atoms with E-state index in [0.717, 1.165) is 12.1 Å². The predicted molar refractivity (Wildman–Crippen MR) is 86.7 cm³/mol. The van der Waals surface area contributed by atoms with E-state index in [9.17, 15) is 31.1 Å². The Morgan fingerprint density at radius 1 is 1.17 bits per heavy atom. The summed E-state index contributed by atoms with van der Waals surface area (Å²) in [6.45, 7) is 1.68. The van der Waals surface area contributed by atoms with Crippen LogP contribution in [-0.4, -0.2) is 38.0 Å². The molecule has 160 valence electrons. The van der Waals surface area contributed by atoms with Gasteiger partial charge in [-0.1, -0.05) is 12.1 Å². The molecule has 2 amide bonds. The van der Waals surface area contributed by atoms with Gasteiger partial charge >= 0.3 is 24.4 Å². The molecule has 0 aliphatic rings. The number of rotatable bonds is 3. The van der Waals surface area contributed by atoms with E-state index in [1.54, 1.807) is 14.0 Å². The van der Waals surface area contributed by atoms with Crippen LogP contribution in [-0.2, 0) is 24.6 Å². The average Bonchev–Trinajstić information content (AvgIpc) is 2.89. The maximum Gasteiger partial charge on any atom is 0.490 e. The van der Waals surface area contributed by atoms with Crippen molar-refractivity contribution in [3.8, 4) is 0 Å². The smallest absolute Gasteiger partial charge is 0.475 e. The van der Waals surface area contributed by atoms with Crippen molar-refractivity contribution in [2.75, 3.05) is 5.32 Å². The number of halogens is 6. The van der Waals surface area contributed by atoms with Crippen molar-refractivity contribution < 1.29 is 41.0 Å². The number of hydrogen-bond donors (Lipinski definition) is 3. The second-order valence-corrected chi connectivity index (χ2v) is 5.41. The third kappa shape index (κ3) is 8.06. The summed E-state index contributed by atoms with van der Waals surface area (Å²) in [5, 5.41) is 15.9. The molecule has 1 aromatic heterocycles. The number of amides is 2. The number of carbonyl (C=O) groups excluding carboxylic acids is 1. The minimum Gasteiger partial charge on any atom is -0.475 e. The number of carboxylic acid groups (broad SMARTS) is 1. The molecule has 0 radical (unpaired) electrons. The largest absolute Gasteiger partial charge is 0.490 e. The van der Waals surface area contributed by atoms with Gasteiger partial charge in [-0.05, 0) is 24.6 Å². The maximum atomic E-state index is 12.6. The zero-order chi connectivity index (χ0) is 22.4. The summed E-state index contributed by atoms with van der Waals surface area (Å²) < 4.78 is 71.0. The summed E-state index contributed by atoms with van der Waals surface area (Å²) >= 11 is 0. The predicted octanol–water partition coefficient (Wildman–Crippen LogP) is 3.10.